The Labute approximate surface area is 183 Å². The summed E-state index contributed by atoms with van der Waals surface area (Å²) < 4.78 is 34.7. The lowest BCUT2D eigenvalue weighted by molar-refractivity contribution is -0.384. The van der Waals surface area contributed by atoms with Crippen LogP contribution in [0.2, 0.25) is 0 Å². The lowest BCUT2D eigenvalue weighted by atomic mass is 10.1. The first-order valence-corrected chi connectivity index (χ1v) is 11.2. The molecule has 156 valence electrons. The molecule has 0 radical (unpaired) electrons. The van der Waals surface area contributed by atoms with E-state index in [0.29, 0.717) is 17.0 Å². The fourth-order valence-corrected chi connectivity index (χ4v) is 5.19. The summed E-state index contributed by atoms with van der Waals surface area (Å²) >= 11 is 3.39. The second-order valence-corrected chi connectivity index (χ2v) is 9.18. The van der Waals surface area contributed by atoms with Crippen molar-refractivity contribution in [2.75, 3.05) is 11.4 Å². The van der Waals surface area contributed by atoms with Crippen molar-refractivity contribution in [2.24, 2.45) is 0 Å². The minimum absolute atomic E-state index is 0.0465. The molecular weight excluding hydrogens is 472 g/mol. The maximum atomic E-state index is 13.6. The Balaban J connectivity index is 2.17. The Hall–Kier alpha value is -2.91. The van der Waals surface area contributed by atoms with Crippen LogP contribution in [0.25, 0.3) is 0 Å². The zero-order valence-corrected chi connectivity index (χ0v) is 18.6. The number of sulfonamides is 1. The first-order chi connectivity index (χ1) is 14.3. The Morgan fingerprint density at radius 3 is 2.30 bits per heavy atom. The molecule has 0 aliphatic rings. The largest absolute Gasteiger partial charge is 0.496 e. The van der Waals surface area contributed by atoms with Gasteiger partial charge in [0.1, 0.15) is 5.75 Å². The number of benzene rings is 3. The van der Waals surface area contributed by atoms with Gasteiger partial charge in [0.15, 0.2) is 0 Å². The molecule has 1 atom stereocenters. The van der Waals surface area contributed by atoms with Crippen LogP contribution >= 0.6 is 15.9 Å². The van der Waals surface area contributed by atoms with Gasteiger partial charge >= 0.3 is 0 Å². The van der Waals surface area contributed by atoms with Crippen LogP contribution in [0.3, 0.4) is 0 Å². The van der Waals surface area contributed by atoms with Gasteiger partial charge in [0, 0.05) is 22.2 Å². The molecule has 0 fully saturated rings. The zero-order chi connectivity index (χ0) is 21.9. The first kappa shape index (κ1) is 21.8. The van der Waals surface area contributed by atoms with Gasteiger partial charge in [0.05, 0.1) is 28.7 Å². The number of methoxy groups -OCH3 is 1. The first-order valence-electron chi connectivity index (χ1n) is 8.93. The average molecular weight is 491 g/mol. The number of para-hydroxylation sites is 1. The van der Waals surface area contributed by atoms with E-state index in [1.54, 1.807) is 43.3 Å². The summed E-state index contributed by atoms with van der Waals surface area (Å²) in [5.41, 5.74) is 0.951. The molecule has 0 saturated carbocycles. The second kappa shape index (κ2) is 8.85. The van der Waals surface area contributed by atoms with Crippen molar-refractivity contribution in [2.45, 2.75) is 17.9 Å². The number of nitrogens with zero attached hydrogens (tertiary/aromatic N) is 2. The van der Waals surface area contributed by atoms with E-state index in [0.717, 1.165) is 4.47 Å². The summed E-state index contributed by atoms with van der Waals surface area (Å²) in [6.07, 6.45) is 0. The number of halogens is 1. The standard InChI is InChI=1S/C21H19BrN2O5S/c1-15(20-8-3-4-9-21(20)29-2)23(18-7-5-6-16(22)14-18)30(27,28)19-12-10-17(11-13-19)24(25)26/h3-15H,1-2H3/t15-/m0/s1. The van der Waals surface area contributed by atoms with Gasteiger partial charge in [0.25, 0.3) is 15.7 Å². The van der Waals surface area contributed by atoms with E-state index in [2.05, 4.69) is 15.9 Å². The molecule has 0 N–H and O–H groups in total. The van der Waals surface area contributed by atoms with Gasteiger partial charge in [-0.2, -0.15) is 0 Å². The number of nitro groups is 1. The van der Waals surface area contributed by atoms with Crippen molar-refractivity contribution in [3.05, 3.63) is 92.9 Å². The van der Waals surface area contributed by atoms with Crippen molar-refractivity contribution in [3.8, 4) is 5.75 Å². The number of non-ortho nitro benzene ring substituents is 1. The molecule has 0 heterocycles. The predicted octanol–water partition coefficient (Wildman–Crippen LogP) is 5.32. The molecule has 9 heteroatoms. The van der Waals surface area contributed by atoms with Gasteiger partial charge < -0.3 is 4.74 Å². The molecule has 0 aliphatic carbocycles. The van der Waals surface area contributed by atoms with E-state index in [1.165, 1.54) is 35.7 Å². The number of nitro benzene ring substituents is 1. The summed E-state index contributed by atoms with van der Waals surface area (Å²) in [5, 5.41) is 10.9. The third-order valence-corrected chi connectivity index (χ3v) is 7.01. The summed E-state index contributed by atoms with van der Waals surface area (Å²) in [6, 6.07) is 18.4. The molecule has 0 aliphatic heterocycles. The van der Waals surface area contributed by atoms with E-state index < -0.39 is 21.0 Å². The molecule has 0 saturated heterocycles. The van der Waals surface area contributed by atoms with E-state index in [1.807, 2.05) is 12.1 Å². The number of ether oxygens (including phenoxy) is 1. The van der Waals surface area contributed by atoms with Crippen LogP contribution in [0.15, 0.2) is 82.2 Å². The maximum Gasteiger partial charge on any atom is 0.269 e. The third kappa shape index (κ3) is 4.31. The maximum absolute atomic E-state index is 13.6. The van der Waals surface area contributed by atoms with Crippen LogP contribution < -0.4 is 9.04 Å². The number of hydrogen-bond donors (Lipinski definition) is 0. The highest BCUT2D eigenvalue weighted by Crippen LogP contribution is 2.37. The van der Waals surface area contributed by atoms with Crippen LogP contribution in [0.1, 0.15) is 18.5 Å². The Bertz CT molecular complexity index is 1170. The number of rotatable bonds is 7. The Morgan fingerprint density at radius 2 is 1.70 bits per heavy atom. The van der Waals surface area contributed by atoms with Crippen LogP contribution in [0, 0.1) is 10.1 Å². The average Bonchev–Trinajstić information content (AvgIpc) is 2.73. The minimum Gasteiger partial charge on any atom is -0.496 e. The lowest BCUT2D eigenvalue weighted by Crippen LogP contribution is -2.34. The van der Waals surface area contributed by atoms with Crippen molar-refractivity contribution >= 4 is 37.3 Å². The smallest absolute Gasteiger partial charge is 0.269 e. The minimum atomic E-state index is -4.05. The molecule has 0 amide bonds. The molecule has 7 nitrogen and oxygen atoms in total. The van der Waals surface area contributed by atoms with Gasteiger partial charge in [-0.1, -0.05) is 40.2 Å². The van der Waals surface area contributed by atoms with E-state index in [4.69, 9.17) is 4.74 Å². The highest BCUT2D eigenvalue weighted by Gasteiger charge is 2.32. The normalized spacial score (nSPS) is 12.2. The molecule has 3 aromatic carbocycles. The molecular formula is C21H19BrN2O5S. The van der Waals surface area contributed by atoms with Crippen LogP contribution in [0.4, 0.5) is 11.4 Å². The van der Waals surface area contributed by atoms with Gasteiger partial charge in [0.2, 0.25) is 0 Å². The lowest BCUT2D eigenvalue weighted by Gasteiger charge is -2.31. The Morgan fingerprint density at radius 1 is 1.03 bits per heavy atom. The summed E-state index contributed by atoms with van der Waals surface area (Å²) in [4.78, 5) is 10.3. The summed E-state index contributed by atoms with van der Waals surface area (Å²) in [7, 11) is -2.52. The highest BCUT2D eigenvalue weighted by molar-refractivity contribution is 9.10. The second-order valence-electron chi connectivity index (χ2n) is 6.45. The highest BCUT2D eigenvalue weighted by atomic mass is 79.9. The fourth-order valence-electron chi connectivity index (χ4n) is 3.18. The Kier molecular flexibility index (Phi) is 6.42. The van der Waals surface area contributed by atoms with E-state index in [-0.39, 0.29) is 10.6 Å². The monoisotopic (exact) mass is 490 g/mol. The molecule has 30 heavy (non-hydrogen) atoms. The quantitative estimate of drug-likeness (QED) is 0.330. The van der Waals surface area contributed by atoms with Crippen molar-refractivity contribution < 1.29 is 18.1 Å². The molecule has 0 aromatic heterocycles. The SMILES string of the molecule is COc1ccccc1[C@H](C)N(c1cccc(Br)c1)S(=O)(=O)c1ccc([N+](=O)[O-])cc1. The topological polar surface area (TPSA) is 89.8 Å². The van der Waals surface area contributed by atoms with Crippen molar-refractivity contribution in [1.29, 1.82) is 0 Å². The van der Waals surface area contributed by atoms with Crippen molar-refractivity contribution in [3.63, 3.8) is 0 Å². The summed E-state index contributed by atoms with van der Waals surface area (Å²) in [5.74, 6) is 0.559. The number of anilines is 1. The van der Waals surface area contributed by atoms with E-state index in [9.17, 15) is 18.5 Å². The number of hydrogen-bond acceptors (Lipinski definition) is 5. The fraction of sp³-hybridized carbons (Fsp3) is 0.143. The van der Waals surface area contributed by atoms with Gasteiger partial charge in [-0.15, -0.1) is 0 Å². The van der Waals surface area contributed by atoms with Gasteiger partial charge in [-0.05, 0) is 43.3 Å². The van der Waals surface area contributed by atoms with Crippen LogP contribution in [-0.2, 0) is 10.0 Å². The van der Waals surface area contributed by atoms with Crippen LogP contribution in [-0.4, -0.2) is 20.5 Å². The molecule has 0 unspecified atom stereocenters. The van der Waals surface area contributed by atoms with Gasteiger partial charge in [-0.25, -0.2) is 8.42 Å². The molecule has 3 aromatic rings. The van der Waals surface area contributed by atoms with Gasteiger partial charge in [-0.3, -0.25) is 14.4 Å². The van der Waals surface area contributed by atoms with E-state index >= 15 is 0 Å². The molecule has 3 rings (SSSR count). The van der Waals surface area contributed by atoms with Crippen LogP contribution in [0.5, 0.6) is 5.75 Å². The summed E-state index contributed by atoms with van der Waals surface area (Å²) in [6.45, 7) is 1.77. The molecule has 0 spiro atoms. The zero-order valence-electron chi connectivity index (χ0n) is 16.2. The molecule has 0 bridgehead atoms. The third-order valence-electron chi connectivity index (χ3n) is 4.61. The predicted molar refractivity (Wildman–Crippen MR) is 118 cm³/mol. The van der Waals surface area contributed by atoms with Crippen molar-refractivity contribution in [1.82, 2.24) is 0 Å².